The van der Waals surface area contributed by atoms with Crippen molar-refractivity contribution in [1.82, 2.24) is 14.6 Å². The van der Waals surface area contributed by atoms with E-state index in [0.29, 0.717) is 12.5 Å². The first-order valence-corrected chi connectivity index (χ1v) is 5.53. The lowest BCUT2D eigenvalue weighted by molar-refractivity contribution is 0.694. The van der Waals surface area contributed by atoms with Crippen molar-refractivity contribution in [3.63, 3.8) is 0 Å². The molecule has 0 fully saturated rings. The van der Waals surface area contributed by atoms with E-state index in [1.54, 1.807) is 0 Å². The molecule has 0 saturated heterocycles. The predicted molar refractivity (Wildman–Crippen MR) is 64.5 cm³/mol. The van der Waals surface area contributed by atoms with Crippen LogP contribution in [-0.4, -0.2) is 27.2 Å². The second-order valence-corrected chi connectivity index (χ2v) is 3.86. The number of pyridine rings is 1. The SMILES string of the molecule is CCC(CN)Nc1nc2cccc(C)n2n1. The zero-order valence-electron chi connectivity index (χ0n) is 9.64. The minimum absolute atomic E-state index is 0.234. The van der Waals surface area contributed by atoms with E-state index in [9.17, 15) is 0 Å². The fourth-order valence-corrected chi connectivity index (χ4v) is 1.61. The molecule has 86 valence electrons. The molecule has 5 nitrogen and oxygen atoms in total. The van der Waals surface area contributed by atoms with Gasteiger partial charge in [-0.2, -0.15) is 4.98 Å². The normalized spacial score (nSPS) is 12.9. The topological polar surface area (TPSA) is 68.2 Å². The number of aryl methyl sites for hydroxylation is 1. The summed E-state index contributed by atoms with van der Waals surface area (Å²) in [5, 5.41) is 7.61. The van der Waals surface area contributed by atoms with Gasteiger partial charge in [-0.25, -0.2) is 4.52 Å². The van der Waals surface area contributed by atoms with Crippen LogP contribution in [0.2, 0.25) is 0 Å². The molecule has 5 heteroatoms. The van der Waals surface area contributed by atoms with Crippen molar-refractivity contribution < 1.29 is 0 Å². The molecule has 0 radical (unpaired) electrons. The number of nitrogens with one attached hydrogen (secondary N) is 1. The smallest absolute Gasteiger partial charge is 0.243 e. The molecule has 0 aliphatic carbocycles. The number of hydrogen-bond donors (Lipinski definition) is 2. The lowest BCUT2D eigenvalue weighted by atomic mass is 10.2. The van der Waals surface area contributed by atoms with Gasteiger partial charge < -0.3 is 11.1 Å². The minimum atomic E-state index is 0.234. The summed E-state index contributed by atoms with van der Waals surface area (Å²) >= 11 is 0. The Morgan fingerprint density at radius 3 is 2.94 bits per heavy atom. The summed E-state index contributed by atoms with van der Waals surface area (Å²) in [6.07, 6.45) is 0.963. The van der Waals surface area contributed by atoms with Crippen LogP contribution in [-0.2, 0) is 0 Å². The number of nitrogens with zero attached hydrogens (tertiary/aromatic N) is 3. The summed E-state index contributed by atoms with van der Waals surface area (Å²) in [5.41, 5.74) is 7.55. The van der Waals surface area contributed by atoms with Gasteiger partial charge in [-0.15, -0.1) is 5.10 Å². The van der Waals surface area contributed by atoms with Crippen molar-refractivity contribution in [2.45, 2.75) is 26.3 Å². The van der Waals surface area contributed by atoms with Gasteiger partial charge in [-0.05, 0) is 25.5 Å². The number of nitrogens with two attached hydrogens (primary N) is 1. The zero-order valence-corrected chi connectivity index (χ0v) is 9.64. The van der Waals surface area contributed by atoms with Crippen LogP contribution >= 0.6 is 0 Å². The monoisotopic (exact) mass is 219 g/mol. The van der Waals surface area contributed by atoms with Crippen LogP contribution in [0.4, 0.5) is 5.95 Å². The average Bonchev–Trinajstić information content (AvgIpc) is 2.70. The number of rotatable bonds is 4. The first-order valence-electron chi connectivity index (χ1n) is 5.53. The van der Waals surface area contributed by atoms with E-state index in [1.165, 1.54) is 0 Å². The third kappa shape index (κ3) is 1.99. The lowest BCUT2D eigenvalue weighted by Crippen LogP contribution is -2.28. The molecule has 3 N–H and O–H groups in total. The van der Waals surface area contributed by atoms with Crippen molar-refractivity contribution in [2.24, 2.45) is 5.73 Å². The number of hydrogen-bond acceptors (Lipinski definition) is 4. The van der Waals surface area contributed by atoms with Gasteiger partial charge in [0, 0.05) is 18.3 Å². The van der Waals surface area contributed by atoms with Gasteiger partial charge in [-0.1, -0.05) is 13.0 Å². The molecule has 1 atom stereocenters. The summed E-state index contributed by atoms with van der Waals surface area (Å²) in [5.74, 6) is 0.645. The second-order valence-electron chi connectivity index (χ2n) is 3.86. The Labute approximate surface area is 94.7 Å². The van der Waals surface area contributed by atoms with E-state index in [-0.39, 0.29) is 6.04 Å². The largest absolute Gasteiger partial charge is 0.349 e. The van der Waals surface area contributed by atoms with Gasteiger partial charge in [0.2, 0.25) is 5.95 Å². The summed E-state index contributed by atoms with van der Waals surface area (Å²) in [7, 11) is 0. The molecule has 2 aromatic rings. The Hall–Kier alpha value is -1.62. The van der Waals surface area contributed by atoms with Crippen molar-refractivity contribution in [3.8, 4) is 0 Å². The summed E-state index contributed by atoms with van der Waals surface area (Å²) in [4.78, 5) is 4.39. The fraction of sp³-hybridized carbons (Fsp3) is 0.455. The van der Waals surface area contributed by atoms with Crippen molar-refractivity contribution in [1.29, 1.82) is 0 Å². The highest BCUT2D eigenvalue weighted by Gasteiger charge is 2.08. The summed E-state index contributed by atoms with van der Waals surface area (Å²) in [6, 6.07) is 6.15. The Kier molecular flexibility index (Phi) is 3.05. The maximum Gasteiger partial charge on any atom is 0.243 e. The van der Waals surface area contributed by atoms with E-state index in [4.69, 9.17) is 5.73 Å². The van der Waals surface area contributed by atoms with Gasteiger partial charge >= 0.3 is 0 Å². The van der Waals surface area contributed by atoms with Crippen LogP contribution in [0.25, 0.3) is 5.65 Å². The first kappa shape index (κ1) is 10.9. The average molecular weight is 219 g/mol. The van der Waals surface area contributed by atoms with Gasteiger partial charge in [0.25, 0.3) is 0 Å². The fourth-order valence-electron chi connectivity index (χ4n) is 1.61. The molecule has 0 saturated carbocycles. The molecule has 0 bridgehead atoms. The van der Waals surface area contributed by atoms with E-state index in [0.717, 1.165) is 17.8 Å². The molecule has 0 aliphatic heterocycles. The van der Waals surface area contributed by atoms with Gasteiger partial charge in [0.1, 0.15) is 0 Å². The molecule has 2 aromatic heterocycles. The number of anilines is 1. The van der Waals surface area contributed by atoms with Crippen LogP contribution in [0.15, 0.2) is 18.2 Å². The predicted octanol–water partition coefficient (Wildman–Crippen LogP) is 1.19. The van der Waals surface area contributed by atoms with Crippen LogP contribution in [0.3, 0.4) is 0 Å². The van der Waals surface area contributed by atoms with Gasteiger partial charge in [0.05, 0.1) is 0 Å². The molecule has 0 amide bonds. The molecule has 0 aromatic carbocycles. The standard InChI is InChI=1S/C11H17N5/c1-3-9(7-12)13-11-14-10-6-4-5-8(2)16(10)15-11/h4-6,9H,3,7,12H2,1-2H3,(H,13,15). The van der Waals surface area contributed by atoms with Crippen LogP contribution in [0.5, 0.6) is 0 Å². The molecular formula is C11H17N5. The van der Waals surface area contributed by atoms with E-state index < -0.39 is 0 Å². The minimum Gasteiger partial charge on any atom is -0.349 e. The van der Waals surface area contributed by atoms with Crippen LogP contribution < -0.4 is 11.1 Å². The zero-order chi connectivity index (χ0) is 11.5. The molecule has 0 aliphatic rings. The molecule has 16 heavy (non-hydrogen) atoms. The summed E-state index contributed by atoms with van der Waals surface area (Å²) < 4.78 is 1.82. The van der Waals surface area contributed by atoms with E-state index in [1.807, 2.05) is 29.6 Å². The van der Waals surface area contributed by atoms with E-state index >= 15 is 0 Å². The molecule has 0 spiro atoms. The van der Waals surface area contributed by atoms with E-state index in [2.05, 4.69) is 22.3 Å². The maximum absolute atomic E-state index is 5.63. The lowest BCUT2D eigenvalue weighted by Gasteiger charge is -2.11. The Balaban J connectivity index is 2.29. The van der Waals surface area contributed by atoms with Crippen LogP contribution in [0, 0.1) is 6.92 Å². The number of aromatic nitrogens is 3. The quantitative estimate of drug-likeness (QED) is 0.810. The van der Waals surface area contributed by atoms with Crippen molar-refractivity contribution >= 4 is 11.6 Å². The molecule has 1 unspecified atom stereocenters. The van der Waals surface area contributed by atoms with Crippen molar-refractivity contribution in [3.05, 3.63) is 23.9 Å². The third-order valence-electron chi connectivity index (χ3n) is 2.66. The van der Waals surface area contributed by atoms with Gasteiger partial charge in [0.15, 0.2) is 5.65 Å². The highest BCUT2D eigenvalue weighted by Crippen LogP contribution is 2.09. The molecular weight excluding hydrogens is 202 g/mol. The van der Waals surface area contributed by atoms with Crippen molar-refractivity contribution in [2.75, 3.05) is 11.9 Å². The summed E-state index contributed by atoms with van der Waals surface area (Å²) in [6.45, 7) is 4.68. The Morgan fingerprint density at radius 2 is 2.31 bits per heavy atom. The van der Waals surface area contributed by atoms with Crippen LogP contribution in [0.1, 0.15) is 19.0 Å². The highest BCUT2D eigenvalue weighted by atomic mass is 15.4. The third-order valence-corrected chi connectivity index (χ3v) is 2.66. The number of fused-ring (bicyclic) bond motifs is 1. The Bertz CT molecular complexity index is 472. The Morgan fingerprint density at radius 1 is 1.50 bits per heavy atom. The highest BCUT2D eigenvalue weighted by molar-refractivity contribution is 5.44. The first-order chi connectivity index (χ1) is 7.74. The second kappa shape index (κ2) is 4.49. The molecule has 2 rings (SSSR count). The molecule has 2 heterocycles. The van der Waals surface area contributed by atoms with Gasteiger partial charge in [-0.3, -0.25) is 0 Å². The maximum atomic E-state index is 5.63.